The lowest BCUT2D eigenvalue weighted by Gasteiger charge is -2.31. The van der Waals surface area contributed by atoms with Gasteiger partial charge in [-0.05, 0) is 37.0 Å². The van der Waals surface area contributed by atoms with Gasteiger partial charge in [-0.25, -0.2) is 8.78 Å². The molecule has 1 aliphatic rings. The van der Waals surface area contributed by atoms with Gasteiger partial charge in [0.05, 0.1) is 0 Å². The van der Waals surface area contributed by atoms with Gasteiger partial charge in [0.25, 0.3) is 5.91 Å². The Morgan fingerprint density at radius 1 is 1.35 bits per heavy atom. The van der Waals surface area contributed by atoms with Gasteiger partial charge in [-0.15, -0.1) is 0 Å². The van der Waals surface area contributed by atoms with Crippen molar-refractivity contribution in [1.82, 2.24) is 4.90 Å². The van der Waals surface area contributed by atoms with E-state index >= 15 is 0 Å². The van der Waals surface area contributed by atoms with Crippen molar-refractivity contribution in [3.63, 3.8) is 0 Å². The Hall–Kier alpha value is -1.45. The van der Waals surface area contributed by atoms with Crippen molar-refractivity contribution in [2.24, 2.45) is 5.92 Å². The molecule has 1 amide bonds. The van der Waals surface area contributed by atoms with E-state index in [-0.39, 0.29) is 11.5 Å². The monoisotopic (exact) mass is 239 g/mol. The Kier molecular flexibility index (Phi) is 3.41. The number of likely N-dealkylation sites (tertiary alicyclic amines) is 1. The predicted molar refractivity (Wildman–Crippen MR) is 60.7 cm³/mol. The molecule has 1 aliphatic heterocycles. The van der Waals surface area contributed by atoms with Crippen LogP contribution in [0.3, 0.4) is 0 Å². The number of hydrogen-bond acceptors (Lipinski definition) is 1. The summed E-state index contributed by atoms with van der Waals surface area (Å²) in [6.45, 7) is 3.48. The van der Waals surface area contributed by atoms with Crippen LogP contribution < -0.4 is 0 Å². The number of carbonyl (C=O) groups excluding carboxylic acids is 1. The minimum Gasteiger partial charge on any atom is -0.338 e. The van der Waals surface area contributed by atoms with Crippen molar-refractivity contribution in [2.75, 3.05) is 13.1 Å². The van der Waals surface area contributed by atoms with Crippen LogP contribution in [-0.4, -0.2) is 23.9 Å². The van der Waals surface area contributed by atoms with Gasteiger partial charge in [-0.1, -0.05) is 6.92 Å². The molecule has 1 unspecified atom stereocenters. The summed E-state index contributed by atoms with van der Waals surface area (Å²) >= 11 is 0. The quantitative estimate of drug-likeness (QED) is 0.738. The second-order valence-electron chi connectivity index (χ2n) is 4.63. The molecule has 1 saturated heterocycles. The van der Waals surface area contributed by atoms with Crippen LogP contribution >= 0.6 is 0 Å². The number of piperidine rings is 1. The smallest absolute Gasteiger partial charge is 0.253 e. The Labute approximate surface area is 99.2 Å². The van der Waals surface area contributed by atoms with Crippen LogP contribution in [0.1, 0.15) is 30.1 Å². The zero-order valence-corrected chi connectivity index (χ0v) is 9.75. The molecule has 2 nitrogen and oxygen atoms in total. The molecule has 0 aliphatic carbocycles. The zero-order chi connectivity index (χ0) is 12.4. The van der Waals surface area contributed by atoms with Crippen LogP contribution in [0.4, 0.5) is 8.78 Å². The molecule has 1 heterocycles. The number of nitrogens with zero attached hydrogens (tertiary/aromatic N) is 1. The third-order valence-corrected chi connectivity index (χ3v) is 3.11. The molecule has 4 heteroatoms. The molecule has 1 fully saturated rings. The molecule has 0 aromatic heterocycles. The lowest BCUT2D eigenvalue weighted by atomic mass is 9.99. The van der Waals surface area contributed by atoms with Crippen molar-refractivity contribution in [2.45, 2.75) is 19.8 Å². The summed E-state index contributed by atoms with van der Waals surface area (Å²) in [7, 11) is 0. The third-order valence-electron chi connectivity index (χ3n) is 3.11. The van der Waals surface area contributed by atoms with E-state index < -0.39 is 11.6 Å². The van der Waals surface area contributed by atoms with Gasteiger partial charge in [0, 0.05) is 18.7 Å². The first kappa shape index (κ1) is 12.0. The highest BCUT2D eigenvalue weighted by Gasteiger charge is 2.22. The van der Waals surface area contributed by atoms with Crippen LogP contribution in [-0.2, 0) is 0 Å². The van der Waals surface area contributed by atoms with Gasteiger partial charge in [-0.3, -0.25) is 4.79 Å². The van der Waals surface area contributed by atoms with Gasteiger partial charge in [-0.2, -0.15) is 0 Å². The highest BCUT2D eigenvalue weighted by atomic mass is 19.2. The van der Waals surface area contributed by atoms with Gasteiger partial charge >= 0.3 is 0 Å². The molecule has 2 rings (SSSR count). The van der Waals surface area contributed by atoms with Crippen LogP contribution in [0, 0.1) is 17.6 Å². The summed E-state index contributed by atoms with van der Waals surface area (Å²) in [4.78, 5) is 13.8. The van der Waals surface area contributed by atoms with Crippen molar-refractivity contribution >= 4 is 5.91 Å². The maximum absolute atomic E-state index is 13.0. The lowest BCUT2D eigenvalue weighted by Crippen LogP contribution is -2.39. The standard InChI is InChI=1S/C13H15F2NO/c1-9-3-2-6-16(8-9)13(17)10-4-5-11(14)12(15)7-10/h4-5,7,9H,2-3,6,8H2,1H3. The first-order valence-electron chi connectivity index (χ1n) is 5.82. The fourth-order valence-corrected chi connectivity index (χ4v) is 2.19. The molecular weight excluding hydrogens is 224 g/mol. The minimum atomic E-state index is -0.971. The topological polar surface area (TPSA) is 20.3 Å². The van der Waals surface area contributed by atoms with E-state index in [2.05, 4.69) is 6.92 Å². The Balaban J connectivity index is 2.15. The molecule has 1 atom stereocenters. The fraction of sp³-hybridized carbons (Fsp3) is 0.462. The summed E-state index contributed by atoms with van der Waals surface area (Å²) < 4.78 is 25.8. The van der Waals surface area contributed by atoms with Crippen LogP contribution in [0.2, 0.25) is 0 Å². The van der Waals surface area contributed by atoms with Gasteiger partial charge in [0.1, 0.15) is 0 Å². The number of halogens is 2. The van der Waals surface area contributed by atoms with Crippen LogP contribution in [0.25, 0.3) is 0 Å². The average molecular weight is 239 g/mol. The predicted octanol–water partition coefficient (Wildman–Crippen LogP) is 2.84. The molecule has 1 aromatic rings. The molecule has 17 heavy (non-hydrogen) atoms. The van der Waals surface area contributed by atoms with Crippen molar-refractivity contribution in [1.29, 1.82) is 0 Å². The molecule has 0 radical (unpaired) electrons. The normalized spacial score (nSPS) is 20.4. The number of carbonyl (C=O) groups is 1. The summed E-state index contributed by atoms with van der Waals surface area (Å²) in [5.74, 6) is -1.64. The Morgan fingerprint density at radius 2 is 2.12 bits per heavy atom. The average Bonchev–Trinajstić information content (AvgIpc) is 2.32. The summed E-state index contributed by atoms with van der Waals surface area (Å²) in [6.07, 6.45) is 2.08. The number of benzene rings is 1. The van der Waals surface area contributed by atoms with Gasteiger partial charge < -0.3 is 4.90 Å². The van der Waals surface area contributed by atoms with Crippen molar-refractivity contribution in [3.8, 4) is 0 Å². The van der Waals surface area contributed by atoms with E-state index in [4.69, 9.17) is 0 Å². The number of amides is 1. The van der Waals surface area contributed by atoms with Gasteiger partial charge in [0.15, 0.2) is 11.6 Å². The largest absolute Gasteiger partial charge is 0.338 e. The minimum absolute atomic E-state index is 0.213. The number of hydrogen-bond donors (Lipinski definition) is 0. The molecular formula is C13H15F2NO. The molecule has 0 bridgehead atoms. The molecule has 0 N–H and O–H groups in total. The second kappa shape index (κ2) is 4.82. The highest BCUT2D eigenvalue weighted by molar-refractivity contribution is 5.94. The summed E-state index contributed by atoms with van der Waals surface area (Å²) in [5.41, 5.74) is 0.220. The summed E-state index contributed by atoms with van der Waals surface area (Å²) in [5, 5.41) is 0. The SMILES string of the molecule is CC1CCCN(C(=O)c2ccc(F)c(F)c2)C1. The molecule has 0 saturated carbocycles. The van der Waals surface area contributed by atoms with Crippen LogP contribution in [0.15, 0.2) is 18.2 Å². The maximum atomic E-state index is 13.0. The Morgan fingerprint density at radius 3 is 2.76 bits per heavy atom. The van der Waals surface area contributed by atoms with Crippen molar-refractivity contribution in [3.05, 3.63) is 35.4 Å². The summed E-state index contributed by atoms with van der Waals surface area (Å²) in [6, 6.07) is 3.30. The Bertz CT molecular complexity index is 433. The first-order valence-corrected chi connectivity index (χ1v) is 5.82. The highest BCUT2D eigenvalue weighted by Crippen LogP contribution is 2.18. The van der Waals surface area contributed by atoms with E-state index in [0.717, 1.165) is 25.0 Å². The van der Waals surface area contributed by atoms with E-state index in [1.807, 2.05) is 0 Å². The zero-order valence-electron chi connectivity index (χ0n) is 9.75. The van der Waals surface area contributed by atoms with Crippen molar-refractivity contribution < 1.29 is 13.6 Å². The fourth-order valence-electron chi connectivity index (χ4n) is 2.19. The van der Waals surface area contributed by atoms with E-state index in [0.29, 0.717) is 19.0 Å². The maximum Gasteiger partial charge on any atom is 0.253 e. The van der Waals surface area contributed by atoms with E-state index in [9.17, 15) is 13.6 Å². The third kappa shape index (κ3) is 2.62. The van der Waals surface area contributed by atoms with E-state index in [1.165, 1.54) is 6.07 Å². The number of rotatable bonds is 1. The lowest BCUT2D eigenvalue weighted by molar-refractivity contribution is 0.0682. The van der Waals surface area contributed by atoms with Gasteiger partial charge in [0.2, 0.25) is 0 Å². The molecule has 92 valence electrons. The molecule has 1 aromatic carbocycles. The second-order valence-corrected chi connectivity index (χ2v) is 4.63. The van der Waals surface area contributed by atoms with E-state index in [1.54, 1.807) is 4.90 Å². The van der Waals surface area contributed by atoms with Crippen LogP contribution in [0.5, 0.6) is 0 Å². The molecule has 0 spiro atoms. The first-order chi connectivity index (χ1) is 8.08.